The summed E-state index contributed by atoms with van der Waals surface area (Å²) in [6, 6.07) is 4.11. The molecular formula is C13H17FN2O2. The summed E-state index contributed by atoms with van der Waals surface area (Å²) in [7, 11) is 0. The van der Waals surface area contributed by atoms with E-state index in [1.165, 1.54) is 25.0 Å². The third-order valence-electron chi connectivity index (χ3n) is 3.16. The number of hydrogen-bond donors (Lipinski definition) is 2. The van der Waals surface area contributed by atoms with Crippen molar-refractivity contribution in [3.05, 3.63) is 29.6 Å². The number of carbonyl (C=O) groups is 1. The number of benzene rings is 1. The van der Waals surface area contributed by atoms with Crippen LogP contribution in [0.1, 0.15) is 23.2 Å². The van der Waals surface area contributed by atoms with Crippen LogP contribution in [-0.2, 0) is 0 Å². The minimum atomic E-state index is -1.24. The Balaban J connectivity index is 1.85. The standard InChI is InChI=1S/C13H17FN2O2/c14-12-9-10(3-4-11(12)13(17)18)15-5-8-16-6-1-2-7-16/h3-4,9,15H,1-2,5-8H2,(H,17,18). The highest BCUT2D eigenvalue weighted by Gasteiger charge is 2.12. The molecule has 0 amide bonds. The molecule has 1 saturated heterocycles. The van der Waals surface area contributed by atoms with Gasteiger partial charge in [0.2, 0.25) is 0 Å². The number of carboxylic acids is 1. The third kappa shape index (κ3) is 3.20. The lowest BCUT2D eigenvalue weighted by molar-refractivity contribution is 0.0692. The Labute approximate surface area is 105 Å². The van der Waals surface area contributed by atoms with Crippen molar-refractivity contribution in [3.8, 4) is 0 Å². The number of halogens is 1. The molecule has 1 aliphatic rings. The van der Waals surface area contributed by atoms with Gasteiger partial charge in [-0.1, -0.05) is 0 Å². The predicted molar refractivity (Wildman–Crippen MR) is 67.5 cm³/mol. The van der Waals surface area contributed by atoms with E-state index >= 15 is 0 Å². The molecule has 0 unspecified atom stereocenters. The topological polar surface area (TPSA) is 52.6 Å². The molecule has 4 nitrogen and oxygen atoms in total. The molecule has 1 aliphatic heterocycles. The van der Waals surface area contributed by atoms with E-state index in [2.05, 4.69) is 10.2 Å². The van der Waals surface area contributed by atoms with Gasteiger partial charge in [0.25, 0.3) is 0 Å². The summed E-state index contributed by atoms with van der Waals surface area (Å²) < 4.78 is 13.4. The molecule has 5 heteroatoms. The van der Waals surface area contributed by atoms with E-state index in [9.17, 15) is 9.18 Å². The van der Waals surface area contributed by atoms with Crippen LogP contribution in [0.3, 0.4) is 0 Å². The van der Waals surface area contributed by atoms with Crippen molar-refractivity contribution in [2.24, 2.45) is 0 Å². The first-order valence-electron chi connectivity index (χ1n) is 6.16. The SMILES string of the molecule is O=C(O)c1ccc(NCCN2CCCC2)cc1F. The number of carboxylic acid groups (broad SMARTS) is 1. The van der Waals surface area contributed by atoms with Gasteiger partial charge >= 0.3 is 5.97 Å². The van der Waals surface area contributed by atoms with Gasteiger partial charge < -0.3 is 15.3 Å². The molecule has 1 heterocycles. The Kier molecular flexibility index (Phi) is 4.15. The van der Waals surface area contributed by atoms with Crippen LogP contribution < -0.4 is 5.32 Å². The maximum atomic E-state index is 13.4. The monoisotopic (exact) mass is 252 g/mol. The number of nitrogens with one attached hydrogen (secondary N) is 1. The van der Waals surface area contributed by atoms with Crippen molar-refractivity contribution < 1.29 is 14.3 Å². The van der Waals surface area contributed by atoms with Gasteiger partial charge in [0.1, 0.15) is 5.82 Å². The Morgan fingerprint density at radius 3 is 2.72 bits per heavy atom. The van der Waals surface area contributed by atoms with Gasteiger partial charge in [-0.25, -0.2) is 9.18 Å². The molecule has 0 spiro atoms. The lowest BCUT2D eigenvalue weighted by Crippen LogP contribution is -2.25. The number of likely N-dealkylation sites (tertiary alicyclic amines) is 1. The van der Waals surface area contributed by atoms with Gasteiger partial charge in [-0.15, -0.1) is 0 Å². The Morgan fingerprint density at radius 1 is 1.39 bits per heavy atom. The molecule has 1 fully saturated rings. The number of nitrogens with zero attached hydrogens (tertiary/aromatic N) is 1. The second-order valence-electron chi connectivity index (χ2n) is 4.48. The Bertz CT molecular complexity index is 431. The van der Waals surface area contributed by atoms with Gasteiger partial charge in [-0.3, -0.25) is 0 Å². The van der Waals surface area contributed by atoms with Crippen molar-refractivity contribution >= 4 is 11.7 Å². The van der Waals surface area contributed by atoms with Crippen molar-refractivity contribution in [3.63, 3.8) is 0 Å². The first-order chi connectivity index (χ1) is 8.66. The molecule has 0 radical (unpaired) electrons. The molecule has 98 valence electrons. The summed E-state index contributed by atoms with van der Waals surface area (Å²) >= 11 is 0. The van der Waals surface area contributed by atoms with Crippen LogP contribution in [0.15, 0.2) is 18.2 Å². The molecule has 0 aromatic heterocycles. The van der Waals surface area contributed by atoms with Gasteiger partial charge in [0.15, 0.2) is 0 Å². The zero-order valence-electron chi connectivity index (χ0n) is 10.2. The van der Waals surface area contributed by atoms with Crippen LogP contribution in [0.2, 0.25) is 0 Å². The molecule has 0 atom stereocenters. The lowest BCUT2D eigenvalue weighted by atomic mass is 10.2. The van der Waals surface area contributed by atoms with Crippen LogP contribution in [0.25, 0.3) is 0 Å². The van der Waals surface area contributed by atoms with Crippen LogP contribution in [0, 0.1) is 5.82 Å². The summed E-state index contributed by atoms with van der Waals surface area (Å²) in [6.07, 6.45) is 2.50. The van der Waals surface area contributed by atoms with Gasteiger partial charge in [0, 0.05) is 18.8 Å². The molecule has 2 N–H and O–H groups in total. The number of aromatic carboxylic acids is 1. The summed E-state index contributed by atoms with van der Waals surface area (Å²) in [5.41, 5.74) is 0.330. The molecule has 1 aromatic rings. The quantitative estimate of drug-likeness (QED) is 0.842. The van der Waals surface area contributed by atoms with E-state index in [4.69, 9.17) is 5.11 Å². The van der Waals surface area contributed by atoms with E-state index in [-0.39, 0.29) is 5.56 Å². The van der Waals surface area contributed by atoms with Crippen LogP contribution in [0.4, 0.5) is 10.1 Å². The largest absolute Gasteiger partial charge is 0.478 e. The van der Waals surface area contributed by atoms with Crippen LogP contribution in [0.5, 0.6) is 0 Å². The highest BCUT2D eigenvalue weighted by molar-refractivity contribution is 5.88. The van der Waals surface area contributed by atoms with E-state index in [0.717, 1.165) is 26.2 Å². The molecule has 0 saturated carbocycles. The van der Waals surface area contributed by atoms with Crippen molar-refractivity contribution in [1.29, 1.82) is 0 Å². The summed E-state index contributed by atoms with van der Waals surface area (Å²) in [5, 5.41) is 11.8. The van der Waals surface area contributed by atoms with E-state index in [1.807, 2.05) is 0 Å². The lowest BCUT2D eigenvalue weighted by Gasteiger charge is -2.15. The summed E-state index contributed by atoms with van der Waals surface area (Å²) in [4.78, 5) is 13.0. The van der Waals surface area contributed by atoms with Crippen molar-refractivity contribution in [1.82, 2.24) is 4.90 Å². The smallest absolute Gasteiger partial charge is 0.338 e. The fourth-order valence-electron chi connectivity index (χ4n) is 2.16. The molecule has 0 bridgehead atoms. The summed E-state index contributed by atoms with van der Waals surface area (Å²) in [5.74, 6) is -1.94. The average Bonchev–Trinajstić information content (AvgIpc) is 2.81. The minimum absolute atomic E-state index is 0.292. The number of anilines is 1. The molecule has 18 heavy (non-hydrogen) atoms. The average molecular weight is 252 g/mol. The van der Waals surface area contributed by atoms with Crippen molar-refractivity contribution in [2.45, 2.75) is 12.8 Å². The maximum Gasteiger partial charge on any atom is 0.338 e. The third-order valence-corrected chi connectivity index (χ3v) is 3.16. The van der Waals surface area contributed by atoms with E-state index in [1.54, 1.807) is 6.07 Å². The maximum absolute atomic E-state index is 13.4. The highest BCUT2D eigenvalue weighted by Crippen LogP contribution is 2.14. The molecular weight excluding hydrogens is 235 g/mol. The fourth-order valence-corrected chi connectivity index (χ4v) is 2.16. The first-order valence-corrected chi connectivity index (χ1v) is 6.16. The second kappa shape index (κ2) is 5.82. The molecule has 0 aliphatic carbocycles. The van der Waals surface area contributed by atoms with Crippen molar-refractivity contribution in [2.75, 3.05) is 31.5 Å². The highest BCUT2D eigenvalue weighted by atomic mass is 19.1. The van der Waals surface area contributed by atoms with Gasteiger partial charge in [-0.05, 0) is 44.1 Å². The minimum Gasteiger partial charge on any atom is -0.478 e. The first kappa shape index (κ1) is 12.8. The van der Waals surface area contributed by atoms with Gasteiger partial charge in [-0.2, -0.15) is 0 Å². The Morgan fingerprint density at radius 2 is 2.11 bits per heavy atom. The van der Waals surface area contributed by atoms with Crippen LogP contribution in [-0.4, -0.2) is 42.2 Å². The Hall–Kier alpha value is -1.62. The van der Waals surface area contributed by atoms with E-state index < -0.39 is 11.8 Å². The zero-order chi connectivity index (χ0) is 13.0. The predicted octanol–water partition coefficient (Wildman–Crippen LogP) is 2.03. The van der Waals surface area contributed by atoms with E-state index in [0.29, 0.717) is 5.69 Å². The second-order valence-corrected chi connectivity index (χ2v) is 4.48. The van der Waals surface area contributed by atoms with Crippen LogP contribution >= 0.6 is 0 Å². The normalized spacial score (nSPS) is 15.8. The number of hydrogen-bond acceptors (Lipinski definition) is 3. The number of rotatable bonds is 5. The zero-order valence-corrected chi connectivity index (χ0v) is 10.2. The molecule has 2 rings (SSSR count). The van der Waals surface area contributed by atoms with Gasteiger partial charge in [0.05, 0.1) is 5.56 Å². The molecule has 1 aromatic carbocycles. The summed E-state index contributed by atoms with van der Waals surface area (Å²) in [6.45, 7) is 3.94. The fraction of sp³-hybridized carbons (Fsp3) is 0.462.